The van der Waals surface area contributed by atoms with Crippen molar-refractivity contribution < 1.29 is 18.0 Å². The van der Waals surface area contributed by atoms with Gasteiger partial charge in [0.15, 0.2) is 0 Å². The molecule has 118 valence electrons. The second-order valence-electron chi connectivity index (χ2n) is 5.07. The lowest BCUT2D eigenvalue weighted by Crippen LogP contribution is -2.28. The Bertz CT molecular complexity index is 490. The monoisotopic (exact) mass is 322 g/mol. The Balaban J connectivity index is 2.51. The number of nitrogens with one attached hydrogen (secondary N) is 2. The highest BCUT2D eigenvalue weighted by molar-refractivity contribution is 6.31. The van der Waals surface area contributed by atoms with Crippen LogP contribution in [0.2, 0.25) is 5.02 Å². The van der Waals surface area contributed by atoms with Crippen molar-refractivity contribution in [2.75, 3.05) is 18.4 Å². The summed E-state index contributed by atoms with van der Waals surface area (Å²) in [5.74, 6) is 0.216. The largest absolute Gasteiger partial charge is 0.417 e. The third-order valence-corrected chi connectivity index (χ3v) is 2.99. The van der Waals surface area contributed by atoms with Gasteiger partial charge in [-0.2, -0.15) is 13.2 Å². The molecule has 1 rings (SSSR count). The van der Waals surface area contributed by atoms with Gasteiger partial charge in [-0.1, -0.05) is 25.4 Å². The number of hydrogen-bond donors (Lipinski definition) is 2. The Labute approximate surface area is 126 Å². The fourth-order valence-electron chi connectivity index (χ4n) is 1.58. The van der Waals surface area contributed by atoms with Gasteiger partial charge in [0.2, 0.25) is 5.91 Å². The highest BCUT2D eigenvalue weighted by atomic mass is 35.5. The maximum Gasteiger partial charge on any atom is 0.417 e. The van der Waals surface area contributed by atoms with Crippen molar-refractivity contribution >= 4 is 23.2 Å². The fourth-order valence-corrected chi connectivity index (χ4v) is 1.80. The van der Waals surface area contributed by atoms with Crippen LogP contribution in [0.15, 0.2) is 18.2 Å². The fraction of sp³-hybridized carbons (Fsp3) is 0.500. The molecule has 0 atom stereocenters. The van der Waals surface area contributed by atoms with E-state index in [4.69, 9.17) is 11.6 Å². The van der Waals surface area contributed by atoms with Crippen LogP contribution in [-0.2, 0) is 11.0 Å². The average molecular weight is 323 g/mol. The van der Waals surface area contributed by atoms with Gasteiger partial charge < -0.3 is 10.6 Å². The first-order valence-electron chi connectivity index (χ1n) is 6.57. The molecule has 0 aliphatic rings. The van der Waals surface area contributed by atoms with Crippen LogP contribution in [0.3, 0.4) is 0 Å². The van der Waals surface area contributed by atoms with Crippen LogP contribution in [0.25, 0.3) is 0 Å². The second kappa shape index (κ2) is 7.54. The Morgan fingerprint density at radius 3 is 2.57 bits per heavy atom. The summed E-state index contributed by atoms with van der Waals surface area (Å²) in [5.41, 5.74) is -0.609. The molecule has 0 radical (unpaired) electrons. The van der Waals surface area contributed by atoms with Crippen LogP contribution in [0.1, 0.15) is 25.8 Å². The zero-order valence-corrected chi connectivity index (χ0v) is 12.6. The zero-order chi connectivity index (χ0) is 16.0. The first-order chi connectivity index (χ1) is 9.70. The van der Waals surface area contributed by atoms with Crippen molar-refractivity contribution in [1.29, 1.82) is 0 Å². The van der Waals surface area contributed by atoms with E-state index in [1.54, 1.807) is 0 Å². The SMILES string of the molecule is CC(C)CNC(=O)CCNc1ccc(Cl)c(C(F)(F)F)c1. The molecule has 21 heavy (non-hydrogen) atoms. The summed E-state index contributed by atoms with van der Waals surface area (Å²) in [7, 11) is 0. The minimum atomic E-state index is -4.50. The molecule has 0 aliphatic heterocycles. The number of amides is 1. The lowest BCUT2D eigenvalue weighted by molar-refractivity contribution is -0.137. The molecular weight excluding hydrogens is 305 g/mol. The summed E-state index contributed by atoms with van der Waals surface area (Å²) in [6.07, 6.45) is -4.31. The first kappa shape index (κ1) is 17.6. The molecule has 3 nitrogen and oxygen atoms in total. The molecule has 0 saturated heterocycles. The lowest BCUT2D eigenvalue weighted by atomic mass is 10.2. The number of rotatable bonds is 6. The van der Waals surface area contributed by atoms with E-state index in [1.807, 2.05) is 13.8 Å². The highest BCUT2D eigenvalue weighted by Crippen LogP contribution is 2.36. The lowest BCUT2D eigenvalue weighted by Gasteiger charge is -2.12. The number of alkyl halides is 3. The molecule has 1 aromatic carbocycles. The normalized spacial score (nSPS) is 11.6. The van der Waals surface area contributed by atoms with E-state index in [0.717, 1.165) is 6.07 Å². The van der Waals surface area contributed by atoms with E-state index in [2.05, 4.69) is 10.6 Å². The first-order valence-corrected chi connectivity index (χ1v) is 6.95. The number of hydrogen-bond acceptors (Lipinski definition) is 2. The van der Waals surface area contributed by atoms with Crippen LogP contribution in [0, 0.1) is 5.92 Å². The molecule has 0 heterocycles. The molecule has 0 aromatic heterocycles. The Kier molecular flexibility index (Phi) is 6.33. The quantitative estimate of drug-likeness (QED) is 0.833. The Morgan fingerprint density at radius 1 is 1.33 bits per heavy atom. The second-order valence-corrected chi connectivity index (χ2v) is 5.47. The van der Waals surface area contributed by atoms with Crippen molar-refractivity contribution in [3.8, 4) is 0 Å². The molecule has 0 aliphatic carbocycles. The van der Waals surface area contributed by atoms with Gasteiger partial charge in [0, 0.05) is 25.2 Å². The summed E-state index contributed by atoms with van der Waals surface area (Å²) >= 11 is 5.52. The van der Waals surface area contributed by atoms with Crippen LogP contribution in [0.4, 0.5) is 18.9 Å². The van der Waals surface area contributed by atoms with Gasteiger partial charge in [0.05, 0.1) is 10.6 Å². The summed E-state index contributed by atoms with van der Waals surface area (Å²) in [6, 6.07) is 3.57. The van der Waals surface area contributed by atoms with Crippen molar-refractivity contribution in [2.24, 2.45) is 5.92 Å². The molecular formula is C14H18ClF3N2O. The summed E-state index contributed by atoms with van der Waals surface area (Å²) in [6.45, 7) is 4.79. The molecule has 1 amide bonds. The van der Waals surface area contributed by atoms with Crippen LogP contribution in [-0.4, -0.2) is 19.0 Å². The standard InChI is InChI=1S/C14H18ClF3N2O/c1-9(2)8-20-13(21)5-6-19-10-3-4-12(15)11(7-10)14(16,17)18/h3-4,7,9,19H,5-6,8H2,1-2H3,(H,20,21). The van der Waals surface area contributed by atoms with E-state index in [9.17, 15) is 18.0 Å². The van der Waals surface area contributed by atoms with E-state index in [1.165, 1.54) is 12.1 Å². The van der Waals surface area contributed by atoms with Crippen LogP contribution >= 0.6 is 11.6 Å². The molecule has 0 bridgehead atoms. The molecule has 0 saturated carbocycles. The van der Waals surface area contributed by atoms with Gasteiger partial charge in [0.1, 0.15) is 0 Å². The minimum absolute atomic E-state index is 0.138. The Morgan fingerprint density at radius 2 is 2.00 bits per heavy atom. The van der Waals surface area contributed by atoms with Crippen molar-refractivity contribution in [1.82, 2.24) is 5.32 Å². The summed E-state index contributed by atoms with van der Waals surface area (Å²) in [4.78, 5) is 11.5. The number of carbonyl (C=O) groups is 1. The van der Waals surface area contributed by atoms with Gasteiger partial charge in [-0.05, 0) is 24.1 Å². The third-order valence-electron chi connectivity index (χ3n) is 2.66. The molecule has 7 heteroatoms. The van der Waals surface area contributed by atoms with Crippen LogP contribution < -0.4 is 10.6 Å². The van der Waals surface area contributed by atoms with Gasteiger partial charge in [-0.25, -0.2) is 0 Å². The molecule has 1 aromatic rings. The van der Waals surface area contributed by atoms with Crippen LogP contribution in [0.5, 0.6) is 0 Å². The number of halogens is 4. The van der Waals surface area contributed by atoms with Gasteiger partial charge in [-0.15, -0.1) is 0 Å². The molecule has 0 spiro atoms. The van der Waals surface area contributed by atoms with Crippen molar-refractivity contribution in [2.45, 2.75) is 26.4 Å². The van der Waals surface area contributed by atoms with E-state index in [0.29, 0.717) is 12.5 Å². The van der Waals surface area contributed by atoms with Crippen molar-refractivity contribution in [3.05, 3.63) is 28.8 Å². The number of carbonyl (C=O) groups excluding carboxylic acids is 1. The zero-order valence-electron chi connectivity index (χ0n) is 11.9. The topological polar surface area (TPSA) is 41.1 Å². The van der Waals surface area contributed by atoms with E-state index in [-0.39, 0.29) is 29.6 Å². The predicted octanol–water partition coefficient (Wildman–Crippen LogP) is 3.93. The smallest absolute Gasteiger partial charge is 0.385 e. The van der Waals surface area contributed by atoms with Gasteiger partial charge in [0.25, 0.3) is 0 Å². The highest BCUT2D eigenvalue weighted by Gasteiger charge is 2.33. The maximum atomic E-state index is 12.7. The van der Waals surface area contributed by atoms with E-state index < -0.39 is 11.7 Å². The molecule has 2 N–H and O–H groups in total. The third kappa shape index (κ3) is 6.25. The van der Waals surface area contributed by atoms with Gasteiger partial charge in [-0.3, -0.25) is 4.79 Å². The number of anilines is 1. The summed E-state index contributed by atoms with van der Waals surface area (Å²) < 4.78 is 38.0. The predicted molar refractivity (Wildman–Crippen MR) is 77.4 cm³/mol. The number of benzene rings is 1. The summed E-state index contributed by atoms with van der Waals surface area (Å²) in [5, 5.41) is 5.17. The van der Waals surface area contributed by atoms with Crippen molar-refractivity contribution in [3.63, 3.8) is 0 Å². The van der Waals surface area contributed by atoms with E-state index >= 15 is 0 Å². The average Bonchev–Trinajstić information content (AvgIpc) is 2.37. The van der Waals surface area contributed by atoms with Gasteiger partial charge >= 0.3 is 6.18 Å². The Hall–Kier alpha value is -1.43. The maximum absolute atomic E-state index is 12.7. The molecule has 0 fully saturated rings. The molecule has 0 unspecified atom stereocenters. The minimum Gasteiger partial charge on any atom is -0.385 e.